The van der Waals surface area contributed by atoms with E-state index in [2.05, 4.69) is 73.4 Å². The summed E-state index contributed by atoms with van der Waals surface area (Å²) in [6, 6.07) is 16.3. The van der Waals surface area contributed by atoms with Crippen molar-refractivity contribution in [3.8, 4) is 5.75 Å². The highest BCUT2D eigenvalue weighted by Gasteiger charge is 2.33. The van der Waals surface area contributed by atoms with Gasteiger partial charge in [0.1, 0.15) is 5.75 Å². The molecule has 0 spiro atoms. The molecule has 0 radical (unpaired) electrons. The topological polar surface area (TPSA) is 12.5 Å². The molecule has 2 aromatic carbocycles. The van der Waals surface area contributed by atoms with Gasteiger partial charge in [-0.1, -0.05) is 62.4 Å². The second-order valence-electron chi connectivity index (χ2n) is 8.25. The molecule has 1 atom stereocenters. The predicted octanol–water partition coefficient (Wildman–Crippen LogP) is 6.21. The summed E-state index contributed by atoms with van der Waals surface area (Å²) in [6.45, 7) is 7.11. The number of likely N-dealkylation sites (tertiary alicyclic amines) is 1. The Morgan fingerprint density at radius 2 is 1.64 bits per heavy atom. The Bertz CT molecular complexity index is 828. The molecular formula is C26H33NO. The van der Waals surface area contributed by atoms with E-state index in [1.807, 2.05) is 0 Å². The first-order valence-corrected chi connectivity index (χ1v) is 10.9. The van der Waals surface area contributed by atoms with Crippen LogP contribution in [0.15, 0.2) is 42.5 Å². The SMILES string of the molecule is CCC(CC)N1CCC(C2c3ccccc3C=Cc3c(OC)cccc32)CC1. The Balaban J connectivity index is 1.70. The number of piperidine rings is 1. The molecule has 1 heterocycles. The van der Waals surface area contributed by atoms with E-state index >= 15 is 0 Å². The Kier molecular flexibility index (Phi) is 5.87. The number of rotatable bonds is 5. The normalized spacial score (nSPS) is 19.9. The first kappa shape index (κ1) is 19.3. The summed E-state index contributed by atoms with van der Waals surface area (Å²) in [5.41, 5.74) is 5.52. The molecular weight excluding hydrogens is 342 g/mol. The quantitative estimate of drug-likeness (QED) is 0.616. The minimum atomic E-state index is 0.445. The van der Waals surface area contributed by atoms with Gasteiger partial charge in [-0.25, -0.2) is 0 Å². The van der Waals surface area contributed by atoms with Crippen molar-refractivity contribution in [2.24, 2.45) is 5.92 Å². The molecule has 0 N–H and O–H groups in total. The van der Waals surface area contributed by atoms with E-state index in [1.165, 1.54) is 61.0 Å². The number of nitrogens with zero attached hydrogens (tertiary/aromatic N) is 1. The summed E-state index contributed by atoms with van der Waals surface area (Å²) in [5, 5.41) is 0. The Labute approximate surface area is 170 Å². The van der Waals surface area contributed by atoms with Crippen LogP contribution in [0.2, 0.25) is 0 Å². The lowest BCUT2D eigenvalue weighted by atomic mass is 9.74. The molecule has 1 fully saturated rings. The van der Waals surface area contributed by atoms with Crippen LogP contribution >= 0.6 is 0 Å². The molecule has 4 rings (SSSR count). The van der Waals surface area contributed by atoms with Crippen LogP contribution in [0.4, 0.5) is 0 Å². The summed E-state index contributed by atoms with van der Waals surface area (Å²) < 4.78 is 5.72. The summed E-state index contributed by atoms with van der Waals surface area (Å²) in [7, 11) is 1.78. The van der Waals surface area contributed by atoms with Crippen LogP contribution in [-0.2, 0) is 0 Å². The maximum atomic E-state index is 5.72. The maximum Gasteiger partial charge on any atom is 0.126 e. The van der Waals surface area contributed by atoms with Crippen LogP contribution in [0.1, 0.15) is 67.7 Å². The van der Waals surface area contributed by atoms with Crippen molar-refractivity contribution in [2.75, 3.05) is 20.2 Å². The molecule has 0 saturated carbocycles. The maximum absolute atomic E-state index is 5.72. The van der Waals surface area contributed by atoms with Gasteiger partial charge in [-0.05, 0) is 67.4 Å². The van der Waals surface area contributed by atoms with Gasteiger partial charge in [-0.15, -0.1) is 0 Å². The third-order valence-electron chi connectivity index (χ3n) is 6.92. The van der Waals surface area contributed by atoms with E-state index in [1.54, 1.807) is 7.11 Å². The highest BCUT2D eigenvalue weighted by molar-refractivity contribution is 5.79. The van der Waals surface area contributed by atoms with Crippen molar-refractivity contribution in [3.63, 3.8) is 0 Å². The fourth-order valence-corrected chi connectivity index (χ4v) is 5.41. The Morgan fingerprint density at radius 3 is 2.36 bits per heavy atom. The zero-order valence-corrected chi connectivity index (χ0v) is 17.5. The first-order chi connectivity index (χ1) is 13.8. The fourth-order valence-electron chi connectivity index (χ4n) is 5.41. The van der Waals surface area contributed by atoms with Crippen LogP contribution in [0.25, 0.3) is 12.2 Å². The van der Waals surface area contributed by atoms with Gasteiger partial charge < -0.3 is 9.64 Å². The fraction of sp³-hybridized carbons (Fsp3) is 0.462. The largest absolute Gasteiger partial charge is 0.496 e. The Morgan fingerprint density at radius 1 is 0.929 bits per heavy atom. The molecule has 28 heavy (non-hydrogen) atoms. The monoisotopic (exact) mass is 375 g/mol. The number of hydrogen-bond donors (Lipinski definition) is 0. The molecule has 1 saturated heterocycles. The highest BCUT2D eigenvalue weighted by atomic mass is 16.5. The van der Waals surface area contributed by atoms with E-state index in [0.717, 1.165) is 11.8 Å². The minimum absolute atomic E-state index is 0.445. The van der Waals surface area contributed by atoms with Crippen LogP contribution in [0.5, 0.6) is 5.75 Å². The van der Waals surface area contributed by atoms with Gasteiger partial charge in [-0.2, -0.15) is 0 Å². The van der Waals surface area contributed by atoms with Gasteiger partial charge in [0.25, 0.3) is 0 Å². The van der Waals surface area contributed by atoms with Gasteiger partial charge in [0.2, 0.25) is 0 Å². The second-order valence-corrected chi connectivity index (χ2v) is 8.25. The van der Waals surface area contributed by atoms with Crippen molar-refractivity contribution in [3.05, 3.63) is 64.7 Å². The summed E-state index contributed by atoms with van der Waals surface area (Å²) in [4.78, 5) is 2.73. The third-order valence-corrected chi connectivity index (χ3v) is 6.92. The standard InChI is InChI=1S/C26H33NO/c1-4-21(5-2)27-17-15-20(16-18-27)26-22-10-7-6-9-19(22)13-14-23-24(26)11-8-12-25(23)28-3/h6-14,20-21,26H,4-5,15-18H2,1-3H3. The first-order valence-electron chi connectivity index (χ1n) is 10.9. The number of methoxy groups -OCH3 is 1. The van der Waals surface area contributed by atoms with Crippen LogP contribution in [0, 0.1) is 5.92 Å². The molecule has 1 aliphatic carbocycles. The van der Waals surface area contributed by atoms with E-state index in [9.17, 15) is 0 Å². The average Bonchev–Trinajstić information content (AvgIpc) is 2.92. The molecule has 0 amide bonds. The molecule has 148 valence electrons. The molecule has 2 aliphatic rings. The number of benzene rings is 2. The Hall–Kier alpha value is -2.06. The van der Waals surface area contributed by atoms with Crippen molar-refractivity contribution in [1.29, 1.82) is 0 Å². The molecule has 0 aromatic heterocycles. The van der Waals surface area contributed by atoms with E-state index < -0.39 is 0 Å². The van der Waals surface area contributed by atoms with Crippen molar-refractivity contribution in [1.82, 2.24) is 4.90 Å². The van der Waals surface area contributed by atoms with Crippen LogP contribution in [0.3, 0.4) is 0 Å². The number of ether oxygens (including phenoxy) is 1. The van der Waals surface area contributed by atoms with Crippen LogP contribution in [-0.4, -0.2) is 31.1 Å². The van der Waals surface area contributed by atoms with Crippen LogP contribution < -0.4 is 4.74 Å². The molecule has 2 heteroatoms. The molecule has 1 aliphatic heterocycles. The number of hydrogen-bond acceptors (Lipinski definition) is 2. The predicted molar refractivity (Wildman–Crippen MR) is 119 cm³/mol. The molecule has 2 nitrogen and oxygen atoms in total. The van der Waals surface area contributed by atoms with E-state index in [4.69, 9.17) is 4.74 Å². The zero-order chi connectivity index (χ0) is 19.5. The lowest BCUT2D eigenvalue weighted by Gasteiger charge is -2.40. The lowest BCUT2D eigenvalue weighted by Crippen LogP contribution is -2.42. The second kappa shape index (κ2) is 8.53. The van der Waals surface area contributed by atoms with Crippen molar-refractivity contribution >= 4 is 12.2 Å². The third kappa shape index (κ3) is 3.51. The van der Waals surface area contributed by atoms with E-state index in [0.29, 0.717) is 11.8 Å². The van der Waals surface area contributed by atoms with Gasteiger partial charge in [0.15, 0.2) is 0 Å². The summed E-state index contributed by atoms with van der Waals surface area (Å²) in [6.07, 6.45) is 9.59. The van der Waals surface area contributed by atoms with Gasteiger partial charge >= 0.3 is 0 Å². The summed E-state index contributed by atoms with van der Waals surface area (Å²) in [5.74, 6) is 2.11. The van der Waals surface area contributed by atoms with Gasteiger partial charge in [-0.3, -0.25) is 0 Å². The minimum Gasteiger partial charge on any atom is -0.496 e. The highest BCUT2D eigenvalue weighted by Crippen LogP contribution is 2.45. The smallest absolute Gasteiger partial charge is 0.126 e. The molecule has 2 aromatic rings. The van der Waals surface area contributed by atoms with Gasteiger partial charge in [0, 0.05) is 17.5 Å². The van der Waals surface area contributed by atoms with Crippen molar-refractivity contribution in [2.45, 2.75) is 51.5 Å². The van der Waals surface area contributed by atoms with Gasteiger partial charge in [0.05, 0.1) is 7.11 Å². The van der Waals surface area contributed by atoms with Crippen molar-refractivity contribution < 1.29 is 4.74 Å². The lowest BCUT2D eigenvalue weighted by molar-refractivity contribution is 0.120. The average molecular weight is 376 g/mol. The number of fused-ring (bicyclic) bond motifs is 2. The summed E-state index contributed by atoms with van der Waals surface area (Å²) >= 11 is 0. The molecule has 0 bridgehead atoms. The van der Waals surface area contributed by atoms with E-state index in [-0.39, 0.29) is 0 Å². The molecule has 1 unspecified atom stereocenters. The zero-order valence-electron chi connectivity index (χ0n) is 17.5.